The average Bonchev–Trinajstić information content (AvgIpc) is 2.77. The van der Waals surface area contributed by atoms with Crippen molar-refractivity contribution in [1.29, 1.82) is 0 Å². The maximum absolute atomic E-state index is 11.9. The summed E-state index contributed by atoms with van der Waals surface area (Å²) in [5, 5.41) is 0. The van der Waals surface area contributed by atoms with Gasteiger partial charge < -0.3 is 5.73 Å². The molecule has 1 fully saturated rings. The van der Waals surface area contributed by atoms with Crippen LogP contribution in [-0.4, -0.2) is 18.5 Å². The minimum atomic E-state index is 0.205. The molecule has 0 saturated heterocycles. The van der Waals surface area contributed by atoms with Gasteiger partial charge in [-0.3, -0.25) is 9.79 Å². The Hall–Kier alpha value is -1.12. The van der Waals surface area contributed by atoms with E-state index in [1.54, 1.807) is 7.05 Å². The molecule has 0 aromatic carbocycles. The molecule has 0 amide bonds. The number of allylic oxidation sites excluding steroid dienone is 2. The third-order valence-corrected chi connectivity index (χ3v) is 3.69. The van der Waals surface area contributed by atoms with E-state index in [0.29, 0.717) is 12.3 Å². The van der Waals surface area contributed by atoms with Crippen LogP contribution in [0.2, 0.25) is 0 Å². The van der Waals surface area contributed by atoms with E-state index in [2.05, 4.69) is 4.99 Å². The normalized spacial score (nSPS) is 24.3. The molecule has 0 heterocycles. The Morgan fingerprint density at radius 1 is 1.25 bits per heavy atom. The highest BCUT2D eigenvalue weighted by atomic mass is 16.1. The number of ketones is 1. The number of nitrogens with zero attached hydrogens (tertiary/aromatic N) is 1. The SMILES string of the molecule is CN=C(C1=C(N)CCCC1=O)C1CCCC1. The van der Waals surface area contributed by atoms with Crippen molar-refractivity contribution in [3.63, 3.8) is 0 Å². The van der Waals surface area contributed by atoms with Crippen molar-refractivity contribution in [1.82, 2.24) is 0 Å². The second-order valence-corrected chi connectivity index (χ2v) is 4.77. The average molecular weight is 220 g/mol. The second-order valence-electron chi connectivity index (χ2n) is 4.77. The summed E-state index contributed by atoms with van der Waals surface area (Å²) in [7, 11) is 1.79. The molecule has 16 heavy (non-hydrogen) atoms. The lowest BCUT2D eigenvalue weighted by molar-refractivity contribution is -0.115. The van der Waals surface area contributed by atoms with E-state index in [-0.39, 0.29) is 5.78 Å². The zero-order chi connectivity index (χ0) is 11.5. The molecule has 3 nitrogen and oxygen atoms in total. The van der Waals surface area contributed by atoms with Gasteiger partial charge in [0.25, 0.3) is 0 Å². The third-order valence-electron chi connectivity index (χ3n) is 3.69. The van der Waals surface area contributed by atoms with Crippen molar-refractivity contribution in [3.8, 4) is 0 Å². The molecule has 2 N–H and O–H groups in total. The first-order valence-electron chi connectivity index (χ1n) is 6.23. The summed E-state index contributed by atoms with van der Waals surface area (Å²) in [5.41, 5.74) is 8.51. The van der Waals surface area contributed by atoms with Gasteiger partial charge in [0, 0.05) is 25.1 Å². The maximum Gasteiger partial charge on any atom is 0.166 e. The Kier molecular flexibility index (Phi) is 3.42. The summed E-state index contributed by atoms with van der Waals surface area (Å²) in [5.74, 6) is 0.678. The molecule has 0 aromatic rings. The number of hydrogen-bond donors (Lipinski definition) is 1. The Morgan fingerprint density at radius 2 is 1.94 bits per heavy atom. The lowest BCUT2D eigenvalue weighted by Gasteiger charge is -2.21. The van der Waals surface area contributed by atoms with Gasteiger partial charge in [-0.05, 0) is 25.7 Å². The van der Waals surface area contributed by atoms with E-state index in [1.165, 1.54) is 12.8 Å². The van der Waals surface area contributed by atoms with Crippen LogP contribution in [0.15, 0.2) is 16.3 Å². The number of carbonyl (C=O) groups is 1. The van der Waals surface area contributed by atoms with E-state index in [9.17, 15) is 4.79 Å². The molecule has 0 unspecified atom stereocenters. The number of carbonyl (C=O) groups excluding carboxylic acids is 1. The highest BCUT2D eigenvalue weighted by Gasteiger charge is 2.29. The minimum Gasteiger partial charge on any atom is -0.401 e. The smallest absolute Gasteiger partial charge is 0.166 e. The fraction of sp³-hybridized carbons (Fsp3) is 0.692. The number of rotatable bonds is 2. The summed E-state index contributed by atoms with van der Waals surface area (Å²) in [6, 6.07) is 0. The summed E-state index contributed by atoms with van der Waals surface area (Å²) >= 11 is 0. The Labute approximate surface area is 96.8 Å². The zero-order valence-electron chi connectivity index (χ0n) is 9.96. The molecule has 0 bridgehead atoms. The molecule has 88 valence electrons. The number of aliphatic imine (C=N–C) groups is 1. The Balaban J connectivity index is 2.29. The van der Waals surface area contributed by atoms with Crippen LogP contribution in [0.4, 0.5) is 0 Å². The quantitative estimate of drug-likeness (QED) is 0.725. The largest absolute Gasteiger partial charge is 0.401 e. The third kappa shape index (κ3) is 2.04. The molecule has 0 aromatic heterocycles. The van der Waals surface area contributed by atoms with Gasteiger partial charge in [0.1, 0.15) is 0 Å². The van der Waals surface area contributed by atoms with Crippen molar-refractivity contribution in [3.05, 3.63) is 11.3 Å². The summed E-state index contributed by atoms with van der Waals surface area (Å²) in [4.78, 5) is 16.3. The standard InChI is InChI=1S/C13H20N2O/c1-15-13(9-5-2-3-6-9)12-10(14)7-4-8-11(12)16/h9H,2-8,14H2,1H3. The number of hydrogen-bond acceptors (Lipinski definition) is 3. The molecule has 0 spiro atoms. The topological polar surface area (TPSA) is 55.4 Å². The summed E-state index contributed by atoms with van der Waals surface area (Å²) < 4.78 is 0. The van der Waals surface area contributed by atoms with Crippen LogP contribution in [-0.2, 0) is 4.79 Å². The van der Waals surface area contributed by atoms with Gasteiger partial charge in [0.15, 0.2) is 5.78 Å². The molecule has 2 rings (SSSR count). The van der Waals surface area contributed by atoms with Gasteiger partial charge >= 0.3 is 0 Å². The van der Waals surface area contributed by atoms with E-state index < -0.39 is 0 Å². The van der Waals surface area contributed by atoms with Crippen molar-refractivity contribution >= 4 is 11.5 Å². The van der Waals surface area contributed by atoms with Gasteiger partial charge in [-0.2, -0.15) is 0 Å². The van der Waals surface area contributed by atoms with E-state index in [0.717, 1.165) is 42.7 Å². The summed E-state index contributed by atoms with van der Waals surface area (Å²) in [6.45, 7) is 0. The van der Waals surface area contributed by atoms with Crippen LogP contribution in [0.1, 0.15) is 44.9 Å². The van der Waals surface area contributed by atoms with E-state index in [4.69, 9.17) is 5.73 Å². The maximum atomic E-state index is 11.9. The van der Waals surface area contributed by atoms with E-state index in [1.807, 2.05) is 0 Å². The summed E-state index contributed by atoms with van der Waals surface area (Å²) in [6.07, 6.45) is 7.23. The van der Waals surface area contributed by atoms with Gasteiger partial charge in [-0.15, -0.1) is 0 Å². The first kappa shape index (κ1) is 11.4. The highest BCUT2D eigenvalue weighted by Crippen LogP contribution is 2.31. The lowest BCUT2D eigenvalue weighted by Crippen LogP contribution is -2.26. The second kappa shape index (κ2) is 4.81. The molecule has 1 saturated carbocycles. The van der Waals surface area contributed by atoms with Gasteiger partial charge in [-0.25, -0.2) is 0 Å². The van der Waals surface area contributed by atoms with Gasteiger partial charge in [0.05, 0.1) is 11.3 Å². The molecule has 3 heteroatoms. The predicted octanol–water partition coefficient (Wildman–Crippen LogP) is 2.21. The molecular weight excluding hydrogens is 200 g/mol. The first-order valence-corrected chi connectivity index (χ1v) is 6.23. The van der Waals surface area contributed by atoms with Crippen molar-refractivity contribution in [2.24, 2.45) is 16.6 Å². The fourth-order valence-corrected chi connectivity index (χ4v) is 2.87. The van der Waals surface area contributed by atoms with Crippen LogP contribution < -0.4 is 5.73 Å². The molecular formula is C13H20N2O. The van der Waals surface area contributed by atoms with Crippen LogP contribution >= 0.6 is 0 Å². The van der Waals surface area contributed by atoms with Crippen LogP contribution in [0.3, 0.4) is 0 Å². The minimum absolute atomic E-state index is 0.205. The Bertz CT molecular complexity index is 349. The van der Waals surface area contributed by atoms with Gasteiger partial charge in [0.2, 0.25) is 0 Å². The van der Waals surface area contributed by atoms with Crippen molar-refractivity contribution in [2.75, 3.05) is 7.05 Å². The number of nitrogens with two attached hydrogens (primary N) is 1. The monoisotopic (exact) mass is 220 g/mol. The Morgan fingerprint density at radius 3 is 2.50 bits per heavy atom. The number of Topliss-reactive ketones (excluding diaryl/α,β-unsaturated/α-hetero) is 1. The van der Waals surface area contributed by atoms with Crippen molar-refractivity contribution < 1.29 is 4.79 Å². The molecule has 0 radical (unpaired) electrons. The molecule has 2 aliphatic carbocycles. The van der Waals surface area contributed by atoms with E-state index >= 15 is 0 Å². The van der Waals surface area contributed by atoms with Crippen molar-refractivity contribution in [2.45, 2.75) is 44.9 Å². The highest BCUT2D eigenvalue weighted by molar-refractivity contribution is 6.24. The molecule has 0 aliphatic heterocycles. The predicted molar refractivity (Wildman–Crippen MR) is 65.4 cm³/mol. The molecule has 2 aliphatic rings. The van der Waals surface area contributed by atoms with Crippen LogP contribution in [0, 0.1) is 5.92 Å². The zero-order valence-corrected chi connectivity index (χ0v) is 9.96. The van der Waals surface area contributed by atoms with Crippen LogP contribution in [0.5, 0.6) is 0 Å². The lowest BCUT2D eigenvalue weighted by atomic mass is 9.85. The fourth-order valence-electron chi connectivity index (χ4n) is 2.87. The van der Waals surface area contributed by atoms with Crippen LogP contribution in [0.25, 0.3) is 0 Å². The van der Waals surface area contributed by atoms with Gasteiger partial charge in [-0.1, -0.05) is 12.8 Å². The first-order chi connectivity index (χ1) is 7.74. The molecule has 0 atom stereocenters.